The molecule has 0 saturated carbocycles. The zero-order chi connectivity index (χ0) is 15.2. The van der Waals surface area contributed by atoms with Gasteiger partial charge >= 0.3 is 0 Å². The van der Waals surface area contributed by atoms with Gasteiger partial charge in [-0.05, 0) is 24.1 Å². The Balaban J connectivity index is 0.00000242. The molecule has 0 unspecified atom stereocenters. The van der Waals surface area contributed by atoms with Crippen LogP contribution in [0.25, 0.3) is 0 Å². The predicted octanol–water partition coefficient (Wildman–Crippen LogP) is 3.00. The van der Waals surface area contributed by atoms with E-state index in [1.165, 1.54) is 0 Å². The Bertz CT molecular complexity index is 444. The smallest absolute Gasteiger partial charge is 0.200 e. The molecular formula is C16H28Cl2N2O3. The number of nitrogens with zero attached hydrogens (tertiary/aromatic N) is 1. The van der Waals surface area contributed by atoms with Crippen molar-refractivity contribution < 1.29 is 14.6 Å². The molecule has 0 aliphatic carbocycles. The largest absolute Gasteiger partial charge is 0.502 e. The summed E-state index contributed by atoms with van der Waals surface area (Å²) in [5.41, 5.74) is 1.14. The number of rotatable bonds is 6. The first-order valence-corrected chi connectivity index (χ1v) is 7.60. The van der Waals surface area contributed by atoms with Crippen LogP contribution in [0.15, 0.2) is 12.1 Å². The van der Waals surface area contributed by atoms with Gasteiger partial charge in [-0.1, -0.05) is 13.3 Å². The number of phenolic OH excluding ortho intramolecular Hbond substituents is 1. The molecule has 1 aliphatic rings. The number of phenols is 1. The number of nitrogens with one attached hydrogen (secondary N) is 1. The SMILES string of the molecule is CCC[C@@H](c1cc(OC)c(O)c(OC)c1)N1CCNCC1.Cl.Cl. The molecule has 1 aromatic carbocycles. The van der Waals surface area contributed by atoms with E-state index in [9.17, 15) is 5.11 Å². The highest BCUT2D eigenvalue weighted by atomic mass is 35.5. The second-order valence-electron chi connectivity index (χ2n) is 5.36. The van der Waals surface area contributed by atoms with Gasteiger partial charge in [-0.3, -0.25) is 4.90 Å². The van der Waals surface area contributed by atoms with Crippen molar-refractivity contribution in [2.24, 2.45) is 0 Å². The van der Waals surface area contributed by atoms with Crippen LogP contribution in [-0.2, 0) is 0 Å². The monoisotopic (exact) mass is 366 g/mol. The minimum Gasteiger partial charge on any atom is -0.502 e. The van der Waals surface area contributed by atoms with Crippen molar-refractivity contribution in [1.82, 2.24) is 10.2 Å². The molecule has 23 heavy (non-hydrogen) atoms. The molecule has 1 aromatic rings. The molecule has 0 spiro atoms. The third-order valence-electron chi connectivity index (χ3n) is 4.04. The minimum atomic E-state index is 0. The van der Waals surface area contributed by atoms with E-state index in [4.69, 9.17) is 9.47 Å². The first-order valence-electron chi connectivity index (χ1n) is 7.60. The maximum atomic E-state index is 10.1. The zero-order valence-electron chi connectivity index (χ0n) is 14.0. The summed E-state index contributed by atoms with van der Waals surface area (Å²) in [5, 5.41) is 13.4. The maximum absolute atomic E-state index is 10.1. The van der Waals surface area contributed by atoms with Gasteiger partial charge < -0.3 is 19.9 Å². The van der Waals surface area contributed by atoms with Gasteiger partial charge in [-0.15, -0.1) is 24.8 Å². The summed E-state index contributed by atoms with van der Waals surface area (Å²) in [6, 6.07) is 4.20. The molecule has 0 radical (unpaired) electrons. The van der Waals surface area contributed by atoms with Crippen molar-refractivity contribution in [3.8, 4) is 17.2 Å². The molecule has 1 saturated heterocycles. The summed E-state index contributed by atoms with van der Waals surface area (Å²) in [5.74, 6) is 1.01. The van der Waals surface area contributed by atoms with Crippen LogP contribution in [0, 0.1) is 0 Å². The van der Waals surface area contributed by atoms with Gasteiger partial charge in [-0.25, -0.2) is 0 Å². The quantitative estimate of drug-likeness (QED) is 0.810. The fourth-order valence-corrected chi connectivity index (χ4v) is 2.93. The van der Waals surface area contributed by atoms with E-state index in [1.54, 1.807) is 14.2 Å². The number of ether oxygens (including phenoxy) is 2. The number of methoxy groups -OCH3 is 2. The van der Waals surface area contributed by atoms with Crippen LogP contribution >= 0.6 is 24.8 Å². The maximum Gasteiger partial charge on any atom is 0.200 e. The zero-order valence-corrected chi connectivity index (χ0v) is 15.6. The van der Waals surface area contributed by atoms with Gasteiger partial charge in [0.15, 0.2) is 11.5 Å². The summed E-state index contributed by atoms with van der Waals surface area (Å²) in [6.07, 6.45) is 2.19. The van der Waals surface area contributed by atoms with E-state index < -0.39 is 0 Å². The Labute approximate surface area is 151 Å². The molecule has 2 N–H and O–H groups in total. The fourth-order valence-electron chi connectivity index (χ4n) is 2.93. The molecule has 0 aromatic heterocycles. The number of benzene rings is 1. The molecule has 1 aliphatic heterocycles. The van der Waals surface area contributed by atoms with Crippen LogP contribution in [0.1, 0.15) is 31.4 Å². The Morgan fingerprint density at radius 3 is 2.09 bits per heavy atom. The average Bonchev–Trinajstić information content (AvgIpc) is 2.54. The summed E-state index contributed by atoms with van der Waals surface area (Å²) in [4.78, 5) is 2.49. The third kappa shape index (κ3) is 5.31. The molecule has 1 heterocycles. The number of hydrogen-bond donors (Lipinski definition) is 2. The van der Waals surface area contributed by atoms with Crippen LogP contribution in [-0.4, -0.2) is 50.4 Å². The Hall–Kier alpha value is -0.880. The van der Waals surface area contributed by atoms with Crippen LogP contribution in [0.4, 0.5) is 0 Å². The second-order valence-corrected chi connectivity index (χ2v) is 5.36. The lowest BCUT2D eigenvalue weighted by Crippen LogP contribution is -2.45. The normalized spacial score (nSPS) is 16.0. The Morgan fingerprint density at radius 1 is 1.13 bits per heavy atom. The lowest BCUT2D eigenvalue weighted by molar-refractivity contribution is 0.164. The van der Waals surface area contributed by atoms with Crippen molar-refractivity contribution in [2.75, 3.05) is 40.4 Å². The third-order valence-corrected chi connectivity index (χ3v) is 4.04. The van der Waals surface area contributed by atoms with Crippen LogP contribution < -0.4 is 14.8 Å². The van der Waals surface area contributed by atoms with Crippen LogP contribution in [0.5, 0.6) is 17.2 Å². The lowest BCUT2D eigenvalue weighted by atomic mass is 9.99. The fraction of sp³-hybridized carbons (Fsp3) is 0.625. The number of aromatic hydroxyl groups is 1. The highest BCUT2D eigenvalue weighted by Crippen LogP contribution is 2.40. The lowest BCUT2D eigenvalue weighted by Gasteiger charge is -2.35. The topological polar surface area (TPSA) is 54.0 Å². The highest BCUT2D eigenvalue weighted by molar-refractivity contribution is 5.85. The van der Waals surface area contributed by atoms with Crippen molar-refractivity contribution in [3.05, 3.63) is 17.7 Å². The summed E-state index contributed by atoms with van der Waals surface area (Å²) in [7, 11) is 3.13. The number of piperazine rings is 1. The van der Waals surface area contributed by atoms with Gasteiger partial charge in [0.25, 0.3) is 0 Å². The second kappa shape index (κ2) is 10.8. The Morgan fingerprint density at radius 2 is 1.65 bits per heavy atom. The number of hydrogen-bond acceptors (Lipinski definition) is 5. The molecule has 5 nitrogen and oxygen atoms in total. The molecule has 0 bridgehead atoms. The highest BCUT2D eigenvalue weighted by Gasteiger charge is 2.24. The van der Waals surface area contributed by atoms with E-state index in [2.05, 4.69) is 17.1 Å². The summed E-state index contributed by atoms with van der Waals surface area (Å²) >= 11 is 0. The standard InChI is InChI=1S/C16H26N2O3.2ClH/c1-4-5-13(18-8-6-17-7-9-18)12-10-14(20-2)16(19)15(11-12)21-3;;/h10-11,13,17,19H,4-9H2,1-3H3;2*1H/t13-;;/m0../s1. The van der Waals surface area contributed by atoms with E-state index in [-0.39, 0.29) is 30.6 Å². The Kier molecular flexibility index (Phi) is 10.4. The number of halogens is 2. The average molecular weight is 367 g/mol. The van der Waals surface area contributed by atoms with Crippen molar-refractivity contribution >= 4 is 24.8 Å². The molecule has 1 fully saturated rings. The van der Waals surface area contributed by atoms with Crippen LogP contribution in [0.2, 0.25) is 0 Å². The van der Waals surface area contributed by atoms with E-state index in [0.29, 0.717) is 17.5 Å². The summed E-state index contributed by atoms with van der Waals surface area (Å²) < 4.78 is 10.6. The summed E-state index contributed by atoms with van der Waals surface area (Å²) in [6.45, 7) is 6.32. The van der Waals surface area contributed by atoms with Crippen LogP contribution in [0.3, 0.4) is 0 Å². The van der Waals surface area contributed by atoms with E-state index in [0.717, 1.165) is 44.6 Å². The van der Waals surface area contributed by atoms with Crippen molar-refractivity contribution in [2.45, 2.75) is 25.8 Å². The van der Waals surface area contributed by atoms with Gasteiger partial charge in [0.2, 0.25) is 5.75 Å². The minimum absolute atomic E-state index is 0. The van der Waals surface area contributed by atoms with Gasteiger partial charge in [-0.2, -0.15) is 0 Å². The van der Waals surface area contributed by atoms with E-state index >= 15 is 0 Å². The van der Waals surface area contributed by atoms with Crippen molar-refractivity contribution in [1.29, 1.82) is 0 Å². The molecule has 2 rings (SSSR count). The van der Waals surface area contributed by atoms with Gasteiger partial charge in [0.05, 0.1) is 14.2 Å². The predicted molar refractivity (Wildman–Crippen MR) is 97.8 cm³/mol. The molecule has 7 heteroatoms. The first kappa shape index (κ1) is 22.1. The first-order chi connectivity index (χ1) is 10.2. The molecule has 134 valence electrons. The molecule has 1 atom stereocenters. The van der Waals surface area contributed by atoms with Gasteiger partial charge in [0.1, 0.15) is 0 Å². The van der Waals surface area contributed by atoms with E-state index in [1.807, 2.05) is 12.1 Å². The van der Waals surface area contributed by atoms with Gasteiger partial charge in [0, 0.05) is 32.2 Å². The molecule has 0 amide bonds. The van der Waals surface area contributed by atoms with Crippen molar-refractivity contribution in [3.63, 3.8) is 0 Å². The molecular weight excluding hydrogens is 339 g/mol.